The Morgan fingerprint density at radius 1 is 1.42 bits per heavy atom. The van der Waals surface area contributed by atoms with Gasteiger partial charge < -0.3 is 16.8 Å². The molecule has 0 bridgehead atoms. The molecule has 0 rings (SSSR count). The van der Waals surface area contributed by atoms with Crippen LogP contribution in [0.25, 0.3) is 0 Å². The summed E-state index contributed by atoms with van der Waals surface area (Å²) in [6, 6.07) is -0.349. The number of primary amides is 2. The van der Waals surface area contributed by atoms with Crippen molar-refractivity contribution < 1.29 is 9.59 Å². The van der Waals surface area contributed by atoms with Crippen molar-refractivity contribution in [1.29, 1.82) is 0 Å². The van der Waals surface area contributed by atoms with Crippen molar-refractivity contribution in [3.63, 3.8) is 0 Å². The van der Waals surface area contributed by atoms with Gasteiger partial charge in [0.15, 0.2) is 0 Å². The molecule has 0 heterocycles. The molecule has 0 aromatic rings. The van der Waals surface area contributed by atoms with Crippen molar-refractivity contribution in [1.82, 2.24) is 5.32 Å². The van der Waals surface area contributed by atoms with Crippen molar-refractivity contribution in [3.8, 4) is 0 Å². The van der Waals surface area contributed by atoms with E-state index < -0.39 is 5.91 Å². The predicted molar refractivity (Wildman–Crippen MR) is 45.1 cm³/mol. The van der Waals surface area contributed by atoms with Gasteiger partial charge in [-0.15, -0.1) is 0 Å². The van der Waals surface area contributed by atoms with E-state index in [0.29, 0.717) is 19.4 Å². The van der Waals surface area contributed by atoms with Crippen molar-refractivity contribution >= 4 is 11.8 Å². The molecule has 0 fully saturated rings. The number of carbonyl (C=O) groups is 2. The van der Waals surface area contributed by atoms with Gasteiger partial charge in [0.1, 0.15) is 0 Å². The van der Waals surface area contributed by atoms with Crippen LogP contribution in [0.5, 0.6) is 0 Å². The lowest BCUT2D eigenvalue weighted by Crippen LogP contribution is -2.39. The van der Waals surface area contributed by atoms with Crippen LogP contribution in [-0.2, 0) is 9.59 Å². The normalized spacial score (nSPS) is 12.4. The Bertz CT molecular complexity index is 170. The molecule has 70 valence electrons. The van der Waals surface area contributed by atoms with Crippen LogP contribution in [0.15, 0.2) is 0 Å². The summed E-state index contributed by atoms with van der Waals surface area (Å²) in [6.45, 7) is 2.25. The summed E-state index contributed by atoms with van der Waals surface area (Å²) >= 11 is 0. The Hall–Kier alpha value is -1.10. The number of nitrogens with two attached hydrogens (primary N) is 2. The summed E-state index contributed by atoms with van der Waals surface area (Å²) in [5.74, 6) is -0.724. The quantitative estimate of drug-likeness (QED) is 0.436. The van der Waals surface area contributed by atoms with Crippen LogP contribution in [0.4, 0.5) is 0 Å². The van der Waals surface area contributed by atoms with Crippen LogP contribution in [0.3, 0.4) is 0 Å². The van der Waals surface area contributed by atoms with E-state index in [-0.39, 0.29) is 11.9 Å². The minimum absolute atomic E-state index is 0.330. The molecule has 0 saturated heterocycles. The Kier molecular flexibility index (Phi) is 5.03. The number of nitrogens with one attached hydrogen (secondary N) is 1. The molecule has 12 heavy (non-hydrogen) atoms. The van der Waals surface area contributed by atoms with E-state index in [1.54, 1.807) is 6.92 Å². The first kappa shape index (κ1) is 10.9. The van der Waals surface area contributed by atoms with Crippen molar-refractivity contribution in [2.45, 2.75) is 25.8 Å². The average molecular weight is 173 g/mol. The van der Waals surface area contributed by atoms with E-state index in [2.05, 4.69) is 5.32 Å². The van der Waals surface area contributed by atoms with Crippen LogP contribution < -0.4 is 16.8 Å². The molecule has 1 unspecified atom stereocenters. The molecule has 0 aromatic carbocycles. The van der Waals surface area contributed by atoms with E-state index in [4.69, 9.17) is 11.5 Å². The van der Waals surface area contributed by atoms with E-state index in [9.17, 15) is 9.59 Å². The standard InChI is InChI=1S/C7H15N3O2/c1-5(7(9)12)10-4-2-3-6(8)11/h5,10H,2-4H2,1H3,(H2,8,11)(H2,9,12). The molecular formula is C7H15N3O2. The first-order valence-electron chi connectivity index (χ1n) is 3.85. The lowest BCUT2D eigenvalue weighted by Gasteiger charge is -2.08. The third-order valence-electron chi connectivity index (χ3n) is 1.48. The van der Waals surface area contributed by atoms with Gasteiger partial charge in [-0.05, 0) is 19.9 Å². The largest absolute Gasteiger partial charge is 0.370 e. The average Bonchev–Trinajstić information content (AvgIpc) is 1.97. The van der Waals surface area contributed by atoms with Crippen LogP contribution in [0.2, 0.25) is 0 Å². The van der Waals surface area contributed by atoms with Crippen LogP contribution in [0, 0.1) is 0 Å². The molecule has 5 heteroatoms. The molecule has 5 N–H and O–H groups in total. The van der Waals surface area contributed by atoms with Crippen molar-refractivity contribution in [2.24, 2.45) is 11.5 Å². The Morgan fingerprint density at radius 3 is 2.42 bits per heavy atom. The molecule has 0 aromatic heterocycles. The fraction of sp³-hybridized carbons (Fsp3) is 0.714. The van der Waals surface area contributed by atoms with Gasteiger partial charge in [-0.2, -0.15) is 0 Å². The predicted octanol–water partition coefficient (Wildman–Crippen LogP) is -1.28. The zero-order chi connectivity index (χ0) is 9.56. The summed E-state index contributed by atoms with van der Waals surface area (Å²) in [6.07, 6.45) is 0.964. The van der Waals surface area contributed by atoms with E-state index in [0.717, 1.165) is 0 Å². The third-order valence-corrected chi connectivity index (χ3v) is 1.48. The van der Waals surface area contributed by atoms with Gasteiger partial charge in [-0.1, -0.05) is 0 Å². The van der Waals surface area contributed by atoms with E-state index in [1.165, 1.54) is 0 Å². The minimum Gasteiger partial charge on any atom is -0.370 e. The van der Waals surface area contributed by atoms with Gasteiger partial charge in [-0.3, -0.25) is 9.59 Å². The monoisotopic (exact) mass is 173 g/mol. The second-order valence-corrected chi connectivity index (χ2v) is 2.65. The van der Waals surface area contributed by atoms with E-state index >= 15 is 0 Å². The fourth-order valence-corrected chi connectivity index (χ4v) is 0.682. The number of hydrogen-bond acceptors (Lipinski definition) is 3. The number of amides is 2. The molecule has 0 aliphatic carbocycles. The zero-order valence-corrected chi connectivity index (χ0v) is 7.17. The molecule has 1 atom stereocenters. The second-order valence-electron chi connectivity index (χ2n) is 2.65. The Morgan fingerprint density at radius 2 is 2.00 bits per heavy atom. The lowest BCUT2D eigenvalue weighted by atomic mass is 10.2. The van der Waals surface area contributed by atoms with Gasteiger partial charge >= 0.3 is 0 Å². The van der Waals surface area contributed by atoms with Gasteiger partial charge in [0.25, 0.3) is 0 Å². The summed E-state index contributed by atoms with van der Waals surface area (Å²) in [7, 11) is 0. The molecular weight excluding hydrogens is 158 g/mol. The highest BCUT2D eigenvalue weighted by Gasteiger charge is 2.05. The molecule has 0 aliphatic rings. The van der Waals surface area contributed by atoms with Crippen molar-refractivity contribution in [2.75, 3.05) is 6.54 Å². The molecule has 0 saturated carbocycles. The number of carbonyl (C=O) groups excluding carboxylic acids is 2. The van der Waals surface area contributed by atoms with Crippen LogP contribution in [0.1, 0.15) is 19.8 Å². The van der Waals surface area contributed by atoms with Gasteiger partial charge in [0.2, 0.25) is 11.8 Å². The summed E-state index contributed by atoms with van der Waals surface area (Å²) in [5.41, 5.74) is 9.90. The Balaban J connectivity index is 3.31. The SMILES string of the molecule is CC(NCCCC(N)=O)C(N)=O. The molecule has 0 aliphatic heterocycles. The van der Waals surface area contributed by atoms with Gasteiger partial charge in [-0.25, -0.2) is 0 Å². The maximum atomic E-state index is 10.5. The first-order chi connectivity index (χ1) is 5.54. The first-order valence-corrected chi connectivity index (χ1v) is 3.85. The lowest BCUT2D eigenvalue weighted by molar-refractivity contribution is -0.119. The molecule has 5 nitrogen and oxygen atoms in total. The van der Waals surface area contributed by atoms with E-state index in [1.807, 2.05) is 0 Å². The summed E-state index contributed by atoms with van der Waals surface area (Å²) < 4.78 is 0. The number of hydrogen-bond donors (Lipinski definition) is 3. The van der Waals surface area contributed by atoms with Crippen LogP contribution in [-0.4, -0.2) is 24.4 Å². The molecule has 0 spiro atoms. The van der Waals surface area contributed by atoms with Gasteiger partial charge in [0, 0.05) is 6.42 Å². The second kappa shape index (κ2) is 5.54. The van der Waals surface area contributed by atoms with Crippen molar-refractivity contribution in [3.05, 3.63) is 0 Å². The topological polar surface area (TPSA) is 98.2 Å². The highest BCUT2D eigenvalue weighted by molar-refractivity contribution is 5.79. The summed E-state index contributed by atoms with van der Waals surface area (Å²) in [5, 5.41) is 2.86. The minimum atomic E-state index is -0.394. The maximum absolute atomic E-state index is 10.5. The highest BCUT2D eigenvalue weighted by atomic mass is 16.1. The Labute approximate surface area is 71.5 Å². The maximum Gasteiger partial charge on any atom is 0.234 e. The number of rotatable bonds is 6. The summed E-state index contributed by atoms with van der Waals surface area (Å²) in [4.78, 5) is 20.8. The molecule has 0 radical (unpaired) electrons. The smallest absolute Gasteiger partial charge is 0.234 e. The van der Waals surface area contributed by atoms with Crippen LogP contribution >= 0.6 is 0 Å². The van der Waals surface area contributed by atoms with Gasteiger partial charge in [0.05, 0.1) is 6.04 Å². The highest BCUT2D eigenvalue weighted by Crippen LogP contribution is 1.86. The molecule has 2 amide bonds. The third kappa shape index (κ3) is 5.67. The zero-order valence-electron chi connectivity index (χ0n) is 7.17. The fourth-order valence-electron chi connectivity index (χ4n) is 0.682.